The van der Waals surface area contributed by atoms with Crippen LogP contribution in [0.3, 0.4) is 0 Å². The maximum Gasteiger partial charge on any atom is 0.435 e. The number of anilines is 1. The molecule has 2 N–H and O–H groups in total. The van der Waals surface area contributed by atoms with Crippen LogP contribution in [0.1, 0.15) is 26.5 Å². The molecule has 0 fully saturated rings. The molecule has 0 radical (unpaired) electrons. The maximum atomic E-state index is 13.3. The second-order valence-corrected chi connectivity index (χ2v) is 5.75. The van der Waals surface area contributed by atoms with E-state index in [0.717, 1.165) is 4.68 Å². The quantitative estimate of drug-likeness (QED) is 0.874. The molecule has 0 aliphatic heterocycles. The van der Waals surface area contributed by atoms with E-state index in [2.05, 4.69) is 5.10 Å². The molecule has 0 aliphatic rings. The molecule has 1 heterocycles. The fourth-order valence-electron chi connectivity index (χ4n) is 1.85. The van der Waals surface area contributed by atoms with Gasteiger partial charge in [0.2, 0.25) is 0 Å². The number of benzene rings is 1. The molecule has 0 spiro atoms. The van der Waals surface area contributed by atoms with Crippen LogP contribution in [-0.2, 0) is 4.74 Å². The highest BCUT2D eigenvalue weighted by molar-refractivity contribution is 5.80. The molecule has 1 aromatic heterocycles. The van der Waals surface area contributed by atoms with Gasteiger partial charge < -0.3 is 10.5 Å². The third-order valence-corrected chi connectivity index (χ3v) is 2.83. The van der Waals surface area contributed by atoms with E-state index in [9.17, 15) is 9.18 Å². The number of carbonyl (C=O) groups is 1. The van der Waals surface area contributed by atoms with Gasteiger partial charge in [-0.3, -0.25) is 0 Å². The Morgan fingerprint density at radius 2 is 2.05 bits per heavy atom. The van der Waals surface area contributed by atoms with Crippen LogP contribution in [0.15, 0.2) is 24.3 Å². The molecule has 0 saturated heterocycles. The lowest BCUT2D eigenvalue weighted by Crippen LogP contribution is -2.28. The van der Waals surface area contributed by atoms with E-state index in [1.807, 2.05) is 0 Å². The number of hydrogen-bond acceptors (Lipinski definition) is 4. The van der Waals surface area contributed by atoms with Crippen LogP contribution in [0.5, 0.6) is 0 Å². The standard InChI is InChI=1S/C15H18FN3O2/c1-9-12(17)13(10-6-5-7-11(16)8-10)18-19(9)14(20)21-15(2,3)4/h5-8H,17H2,1-4H3. The number of carbonyl (C=O) groups excluding carboxylic acids is 1. The van der Waals surface area contributed by atoms with Gasteiger partial charge in [-0.05, 0) is 39.8 Å². The summed E-state index contributed by atoms with van der Waals surface area (Å²) in [4.78, 5) is 12.1. The van der Waals surface area contributed by atoms with Crippen LogP contribution in [0.25, 0.3) is 11.3 Å². The summed E-state index contributed by atoms with van der Waals surface area (Å²) in [5, 5.41) is 4.16. The molecule has 0 unspecified atom stereocenters. The first kappa shape index (κ1) is 15.0. The summed E-state index contributed by atoms with van der Waals surface area (Å²) < 4.78 is 19.7. The molecular formula is C15H18FN3O2. The van der Waals surface area contributed by atoms with Gasteiger partial charge in [0.25, 0.3) is 0 Å². The molecule has 0 atom stereocenters. The number of ether oxygens (including phenoxy) is 1. The minimum atomic E-state index is -0.636. The molecular weight excluding hydrogens is 273 g/mol. The summed E-state index contributed by atoms with van der Waals surface area (Å²) in [6, 6.07) is 5.89. The minimum Gasteiger partial charge on any atom is -0.442 e. The van der Waals surface area contributed by atoms with Gasteiger partial charge in [-0.25, -0.2) is 9.18 Å². The Labute approximate surface area is 122 Å². The minimum absolute atomic E-state index is 0.325. The monoisotopic (exact) mass is 291 g/mol. The molecule has 112 valence electrons. The van der Waals surface area contributed by atoms with Crippen LogP contribution >= 0.6 is 0 Å². The Bertz CT molecular complexity index is 687. The van der Waals surface area contributed by atoms with Crippen molar-refractivity contribution in [3.8, 4) is 11.3 Å². The van der Waals surface area contributed by atoms with Crippen LogP contribution < -0.4 is 5.73 Å². The Kier molecular flexibility index (Phi) is 3.72. The maximum absolute atomic E-state index is 13.3. The number of halogens is 1. The van der Waals surface area contributed by atoms with E-state index in [1.165, 1.54) is 12.1 Å². The van der Waals surface area contributed by atoms with Gasteiger partial charge in [-0.1, -0.05) is 12.1 Å². The summed E-state index contributed by atoms with van der Waals surface area (Å²) in [6.07, 6.45) is -0.616. The molecule has 21 heavy (non-hydrogen) atoms. The van der Waals surface area contributed by atoms with Crippen LogP contribution in [0.4, 0.5) is 14.9 Å². The molecule has 0 aliphatic carbocycles. The molecule has 6 heteroatoms. The zero-order valence-electron chi connectivity index (χ0n) is 12.5. The zero-order chi connectivity index (χ0) is 15.8. The number of nitrogens with zero attached hydrogens (tertiary/aromatic N) is 2. The largest absolute Gasteiger partial charge is 0.442 e. The topological polar surface area (TPSA) is 70.1 Å². The Morgan fingerprint density at radius 3 is 2.62 bits per heavy atom. The van der Waals surface area contributed by atoms with Gasteiger partial charge >= 0.3 is 6.09 Å². The number of aromatic nitrogens is 2. The summed E-state index contributed by atoms with van der Waals surface area (Å²) in [5.41, 5.74) is 7.00. The lowest BCUT2D eigenvalue weighted by Gasteiger charge is -2.19. The predicted molar refractivity (Wildman–Crippen MR) is 78.4 cm³/mol. The SMILES string of the molecule is Cc1c(N)c(-c2cccc(F)c2)nn1C(=O)OC(C)(C)C. The third kappa shape index (κ3) is 3.21. The van der Waals surface area contributed by atoms with E-state index in [1.54, 1.807) is 39.8 Å². The van der Waals surface area contributed by atoms with Crippen molar-refractivity contribution in [3.05, 3.63) is 35.8 Å². The van der Waals surface area contributed by atoms with Gasteiger partial charge in [0.15, 0.2) is 0 Å². The van der Waals surface area contributed by atoms with Gasteiger partial charge in [-0.2, -0.15) is 9.78 Å². The van der Waals surface area contributed by atoms with Crippen molar-refractivity contribution in [3.63, 3.8) is 0 Å². The average Bonchev–Trinajstić information content (AvgIpc) is 2.64. The smallest absolute Gasteiger partial charge is 0.435 e. The van der Waals surface area contributed by atoms with Crippen LogP contribution in [-0.4, -0.2) is 21.5 Å². The van der Waals surface area contributed by atoms with E-state index >= 15 is 0 Å². The second-order valence-electron chi connectivity index (χ2n) is 5.75. The Balaban J connectivity index is 2.44. The van der Waals surface area contributed by atoms with Gasteiger partial charge in [-0.15, -0.1) is 0 Å². The van der Waals surface area contributed by atoms with Crippen molar-refractivity contribution in [2.24, 2.45) is 0 Å². The highest BCUT2D eigenvalue weighted by atomic mass is 19.1. The van der Waals surface area contributed by atoms with Crippen molar-refractivity contribution in [2.75, 3.05) is 5.73 Å². The molecule has 1 aromatic carbocycles. The van der Waals surface area contributed by atoms with Crippen molar-refractivity contribution in [2.45, 2.75) is 33.3 Å². The normalized spacial score (nSPS) is 11.5. The molecule has 2 rings (SSSR count). The fraction of sp³-hybridized carbons (Fsp3) is 0.333. The number of nitrogen functional groups attached to an aromatic ring is 1. The van der Waals surface area contributed by atoms with E-state index < -0.39 is 17.5 Å². The number of hydrogen-bond donors (Lipinski definition) is 1. The van der Waals surface area contributed by atoms with Crippen molar-refractivity contribution in [1.29, 1.82) is 0 Å². The molecule has 5 nitrogen and oxygen atoms in total. The van der Waals surface area contributed by atoms with Gasteiger partial charge in [0, 0.05) is 5.56 Å². The lowest BCUT2D eigenvalue weighted by molar-refractivity contribution is 0.0511. The van der Waals surface area contributed by atoms with Crippen LogP contribution in [0.2, 0.25) is 0 Å². The number of rotatable bonds is 1. The molecule has 0 saturated carbocycles. The molecule has 0 bridgehead atoms. The van der Waals surface area contributed by atoms with Crippen LogP contribution in [0, 0.1) is 12.7 Å². The van der Waals surface area contributed by atoms with Gasteiger partial charge in [0.05, 0.1) is 11.4 Å². The first-order chi connectivity index (χ1) is 9.69. The van der Waals surface area contributed by atoms with E-state index in [0.29, 0.717) is 22.6 Å². The van der Waals surface area contributed by atoms with Gasteiger partial charge in [0.1, 0.15) is 17.1 Å². The van der Waals surface area contributed by atoms with Crippen molar-refractivity contribution < 1.29 is 13.9 Å². The highest BCUT2D eigenvalue weighted by Gasteiger charge is 2.23. The first-order valence-electron chi connectivity index (χ1n) is 6.53. The first-order valence-corrected chi connectivity index (χ1v) is 6.53. The van der Waals surface area contributed by atoms with Crippen molar-refractivity contribution in [1.82, 2.24) is 9.78 Å². The lowest BCUT2D eigenvalue weighted by atomic mass is 10.1. The summed E-state index contributed by atoms with van der Waals surface area (Å²) in [5.74, 6) is -0.392. The Hall–Kier alpha value is -2.37. The summed E-state index contributed by atoms with van der Waals surface area (Å²) in [7, 11) is 0. The fourth-order valence-corrected chi connectivity index (χ4v) is 1.85. The van der Waals surface area contributed by atoms with E-state index in [4.69, 9.17) is 10.5 Å². The highest BCUT2D eigenvalue weighted by Crippen LogP contribution is 2.28. The summed E-state index contributed by atoms with van der Waals surface area (Å²) in [6.45, 7) is 6.96. The molecule has 0 amide bonds. The van der Waals surface area contributed by atoms with Crippen molar-refractivity contribution >= 4 is 11.8 Å². The molecule has 2 aromatic rings. The summed E-state index contributed by atoms with van der Waals surface area (Å²) >= 11 is 0. The average molecular weight is 291 g/mol. The zero-order valence-corrected chi connectivity index (χ0v) is 12.5. The predicted octanol–water partition coefficient (Wildman–Crippen LogP) is 3.36. The van der Waals surface area contributed by atoms with E-state index in [-0.39, 0.29) is 0 Å². The number of nitrogens with two attached hydrogens (primary N) is 1. The third-order valence-electron chi connectivity index (χ3n) is 2.83. The second kappa shape index (κ2) is 5.20. The Morgan fingerprint density at radius 1 is 1.38 bits per heavy atom.